The first kappa shape index (κ1) is 67.4. The summed E-state index contributed by atoms with van der Waals surface area (Å²) in [5, 5.41) is 0. The number of rotatable bonds is 26. The van der Waals surface area contributed by atoms with Crippen molar-refractivity contribution in [3.63, 3.8) is 0 Å². The fourth-order valence-electron chi connectivity index (χ4n) is 11.5. The Morgan fingerprint density at radius 1 is 0.182 bits per heavy atom. The zero-order chi connectivity index (χ0) is 62.0. The summed E-state index contributed by atoms with van der Waals surface area (Å²) in [6.45, 7) is 18.0. The number of aryl methyl sites for hydroxylation is 8. The van der Waals surface area contributed by atoms with Gasteiger partial charge in [0, 0.05) is 66.8 Å². The van der Waals surface area contributed by atoms with Gasteiger partial charge in [-0.1, -0.05) is 253 Å². The van der Waals surface area contributed by atoms with Gasteiger partial charge in [-0.05, 0) is 218 Å². The van der Waals surface area contributed by atoms with Crippen LogP contribution in [-0.2, 0) is 51.4 Å². The minimum Gasteiger partial charge on any atom is -0.0654 e. The molecule has 0 spiro atoms. The fourth-order valence-corrected chi connectivity index (χ4v) is 11.5. The van der Waals surface area contributed by atoms with Crippen molar-refractivity contribution in [1.29, 1.82) is 0 Å². The summed E-state index contributed by atoms with van der Waals surface area (Å²) >= 11 is 0. The third kappa shape index (κ3) is 22.2. The first-order valence-corrected chi connectivity index (χ1v) is 34.2. The summed E-state index contributed by atoms with van der Waals surface area (Å²) in [6.07, 6.45) is 30.2. The molecule has 7 rings (SSSR count). The van der Waals surface area contributed by atoms with Crippen LogP contribution in [0.15, 0.2) is 133 Å². The maximum atomic E-state index is 3.58. The lowest BCUT2D eigenvalue weighted by molar-refractivity contribution is 0.607. The summed E-state index contributed by atoms with van der Waals surface area (Å²) in [4.78, 5) is 0. The van der Waals surface area contributed by atoms with E-state index in [0.29, 0.717) is 0 Å². The Labute approximate surface area is 535 Å². The Morgan fingerprint density at radius 2 is 0.364 bits per heavy atom. The Balaban J connectivity index is 1.02. The Morgan fingerprint density at radius 3 is 0.557 bits per heavy atom. The molecule has 450 valence electrons. The SMILES string of the molecule is CCCCCCCCc1ccc(C#Cc2cc(CCC)c(C#Cc3ccc(C#Cc4cc(CCC)c(C#Cc5ccc(C#Cc6cc(CCC)c(C#Cc7ccc(CCCCCCCC)cc7)cc6CCC)cc5)cc4CCC)cc3)cc2CCC)cc1. The second-order valence-corrected chi connectivity index (χ2v) is 24.1. The van der Waals surface area contributed by atoms with Gasteiger partial charge >= 0.3 is 0 Å². The summed E-state index contributed by atoms with van der Waals surface area (Å²) in [5.41, 5.74) is 23.1. The van der Waals surface area contributed by atoms with Gasteiger partial charge in [-0.3, -0.25) is 0 Å². The normalized spacial score (nSPS) is 10.5. The molecule has 0 saturated carbocycles. The van der Waals surface area contributed by atoms with E-state index >= 15 is 0 Å². The van der Waals surface area contributed by atoms with Crippen LogP contribution >= 0.6 is 0 Å². The van der Waals surface area contributed by atoms with E-state index in [4.69, 9.17) is 0 Å². The Kier molecular flexibility index (Phi) is 29.3. The molecule has 0 amide bonds. The fraction of sp³-hybridized carbons (Fsp3) is 0.386. The third-order valence-electron chi connectivity index (χ3n) is 16.5. The van der Waals surface area contributed by atoms with Crippen LogP contribution in [0.25, 0.3) is 0 Å². The molecule has 0 heterocycles. The summed E-state index contributed by atoms with van der Waals surface area (Å²) in [7, 11) is 0. The summed E-state index contributed by atoms with van der Waals surface area (Å²) in [6, 6.07) is 48.5. The highest BCUT2D eigenvalue weighted by atomic mass is 14.1. The van der Waals surface area contributed by atoms with Crippen molar-refractivity contribution < 1.29 is 0 Å². The first-order chi connectivity index (χ1) is 43.3. The van der Waals surface area contributed by atoms with Crippen LogP contribution in [-0.4, -0.2) is 0 Å². The maximum Gasteiger partial charge on any atom is 0.0284 e. The predicted octanol–water partition coefficient (Wildman–Crippen LogP) is 21.6. The van der Waals surface area contributed by atoms with Crippen molar-refractivity contribution in [2.45, 2.75) is 222 Å². The molecule has 0 saturated heterocycles. The van der Waals surface area contributed by atoms with Gasteiger partial charge in [0.15, 0.2) is 0 Å². The highest BCUT2D eigenvalue weighted by molar-refractivity contribution is 5.60. The van der Waals surface area contributed by atoms with Crippen LogP contribution in [0.5, 0.6) is 0 Å². The van der Waals surface area contributed by atoms with Crippen LogP contribution < -0.4 is 0 Å². The van der Waals surface area contributed by atoms with E-state index in [2.05, 4.69) is 260 Å². The van der Waals surface area contributed by atoms with Gasteiger partial charge in [0.1, 0.15) is 0 Å². The molecule has 0 nitrogen and oxygen atoms in total. The van der Waals surface area contributed by atoms with E-state index in [1.54, 1.807) is 0 Å². The van der Waals surface area contributed by atoms with E-state index in [1.165, 1.54) is 122 Å². The quantitative estimate of drug-likeness (QED) is 0.0374. The van der Waals surface area contributed by atoms with Gasteiger partial charge in [0.2, 0.25) is 0 Å². The molecule has 0 atom stereocenters. The second-order valence-electron chi connectivity index (χ2n) is 24.1. The van der Waals surface area contributed by atoms with E-state index < -0.39 is 0 Å². The molecule has 7 aromatic carbocycles. The number of benzene rings is 7. The van der Waals surface area contributed by atoms with Crippen molar-refractivity contribution >= 4 is 0 Å². The molecule has 0 bridgehead atoms. The summed E-state index contributed by atoms with van der Waals surface area (Å²) in [5.74, 6) is 42.5. The molecule has 0 unspecified atom stereocenters. The van der Waals surface area contributed by atoms with Gasteiger partial charge in [0.05, 0.1) is 0 Å². The van der Waals surface area contributed by atoms with Gasteiger partial charge in [0.25, 0.3) is 0 Å². The third-order valence-corrected chi connectivity index (χ3v) is 16.5. The maximum absolute atomic E-state index is 3.58. The van der Waals surface area contributed by atoms with Gasteiger partial charge in [-0.25, -0.2) is 0 Å². The highest BCUT2D eigenvalue weighted by Crippen LogP contribution is 2.24. The molecule has 0 N–H and O–H groups in total. The van der Waals surface area contributed by atoms with E-state index in [9.17, 15) is 0 Å². The molecular weight excluding hydrogens is 1060 g/mol. The number of unbranched alkanes of at least 4 members (excludes halogenated alkanes) is 10. The molecule has 0 radical (unpaired) electrons. The molecule has 0 aliphatic rings. The molecule has 0 aromatic heterocycles. The first-order valence-electron chi connectivity index (χ1n) is 34.2. The smallest absolute Gasteiger partial charge is 0.0284 e. The van der Waals surface area contributed by atoms with Crippen molar-refractivity contribution in [3.05, 3.63) is 245 Å². The molecule has 0 aliphatic heterocycles. The molecular formula is C88H98. The van der Waals surface area contributed by atoms with E-state index in [-0.39, 0.29) is 0 Å². The Bertz CT molecular complexity index is 3460. The average Bonchev–Trinajstić information content (AvgIpc) is 3.41. The molecule has 0 heteroatoms. The highest BCUT2D eigenvalue weighted by Gasteiger charge is 2.12. The van der Waals surface area contributed by atoms with Gasteiger partial charge < -0.3 is 0 Å². The lowest BCUT2D eigenvalue weighted by atomic mass is 9.93. The van der Waals surface area contributed by atoms with Gasteiger partial charge in [-0.15, -0.1) is 0 Å². The van der Waals surface area contributed by atoms with E-state index in [0.717, 1.165) is 157 Å². The molecule has 0 aliphatic carbocycles. The average molecular weight is 1160 g/mol. The molecule has 88 heavy (non-hydrogen) atoms. The van der Waals surface area contributed by atoms with Crippen molar-refractivity contribution in [3.8, 4) is 71.0 Å². The van der Waals surface area contributed by atoms with Crippen LogP contribution in [0.2, 0.25) is 0 Å². The molecule has 0 fully saturated rings. The van der Waals surface area contributed by atoms with Crippen molar-refractivity contribution in [2.24, 2.45) is 0 Å². The standard InChI is InChI=1S/C88H98/c1-9-17-19-21-23-25-33-69-35-39-71(40-36-69)51-57-83-63-79(29-13-5)85(65-77(83)27-11-3)59-53-73-43-47-75(48-44-73)55-61-87-67-82(32-16-8)88(68-81(87)31-15-7)62-56-76-49-45-74(46-50-76)54-60-86-66-78(28-12-4)84(64-80(86)30-14-6)58-52-72-41-37-70(38-42-72)34-26-24-22-20-18-10-2/h35-50,63-68H,9-34H2,1-8H3. The van der Waals surface area contributed by atoms with Crippen LogP contribution in [0.3, 0.4) is 0 Å². The topological polar surface area (TPSA) is 0 Å². The summed E-state index contributed by atoms with van der Waals surface area (Å²) < 4.78 is 0. The van der Waals surface area contributed by atoms with Crippen molar-refractivity contribution in [2.75, 3.05) is 0 Å². The van der Waals surface area contributed by atoms with E-state index in [1.807, 2.05) is 0 Å². The number of hydrogen-bond acceptors (Lipinski definition) is 0. The predicted molar refractivity (Wildman–Crippen MR) is 379 cm³/mol. The minimum absolute atomic E-state index is 0.942. The van der Waals surface area contributed by atoms with Crippen LogP contribution in [0.1, 0.15) is 282 Å². The van der Waals surface area contributed by atoms with Crippen LogP contribution in [0.4, 0.5) is 0 Å². The lowest BCUT2D eigenvalue weighted by Gasteiger charge is -2.10. The zero-order valence-corrected chi connectivity index (χ0v) is 55.1. The largest absolute Gasteiger partial charge is 0.0654 e. The molecule has 7 aromatic rings. The Hall–Kier alpha value is -8.10. The van der Waals surface area contributed by atoms with Crippen LogP contribution in [0, 0.1) is 71.0 Å². The van der Waals surface area contributed by atoms with Gasteiger partial charge in [-0.2, -0.15) is 0 Å². The van der Waals surface area contributed by atoms with Crippen molar-refractivity contribution in [1.82, 2.24) is 0 Å². The zero-order valence-electron chi connectivity index (χ0n) is 55.1. The minimum atomic E-state index is 0.942. The second kappa shape index (κ2) is 38.2. The lowest BCUT2D eigenvalue weighted by Crippen LogP contribution is -1.98. The number of hydrogen-bond donors (Lipinski definition) is 0. The monoisotopic (exact) mass is 1150 g/mol.